The number of aromatic nitrogens is 4. The fourth-order valence-electron chi connectivity index (χ4n) is 5.36. The van der Waals surface area contributed by atoms with E-state index in [1.165, 1.54) is 37.3 Å². The molecule has 0 aliphatic carbocycles. The number of benzene rings is 1. The maximum absolute atomic E-state index is 15.4. The number of pyridine rings is 1. The Morgan fingerprint density at radius 1 is 1.22 bits per heavy atom. The standard InChI is InChI=1S/C30H33F4N9O3/c1-17-11-20(30(32,33)34)19(12-35)26(37-17)38-22-9-10-41(25-21(31)7-6-8-23(25)40(5)27(22)44)15-24-36-16-43(39-24)18-13-42(14-18)28(45)46-29(2,3)4/h6-8,11,16,18,22H,9-10,13-15H2,1-5H3,(H,37,38)/t22-/m0/s1. The number of ether oxygens (including phenoxy) is 1. The van der Waals surface area contributed by atoms with Crippen molar-refractivity contribution in [3.05, 3.63) is 59.1 Å². The second-order valence-corrected chi connectivity index (χ2v) is 12.2. The minimum absolute atomic E-state index is 0.0110. The summed E-state index contributed by atoms with van der Waals surface area (Å²) in [6.07, 6.45) is -3.68. The number of alkyl halides is 3. The molecule has 0 spiro atoms. The second-order valence-electron chi connectivity index (χ2n) is 12.2. The number of likely N-dealkylation sites (tertiary alicyclic amines) is 1. The number of carbonyl (C=O) groups excluding carboxylic acids is 2. The summed E-state index contributed by atoms with van der Waals surface area (Å²) in [5, 5.41) is 16.9. The van der Waals surface area contributed by atoms with Crippen LogP contribution in [-0.4, -0.2) is 75.0 Å². The van der Waals surface area contributed by atoms with Crippen molar-refractivity contribution in [2.24, 2.45) is 0 Å². The first-order valence-electron chi connectivity index (χ1n) is 14.5. The van der Waals surface area contributed by atoms with Crippen molar-refractivity contribution in [2.75, 3.05) is 41.8 Å². The highest BCUT2D eigenvalue weighted by molar-refractivity contribution is 6.01. The van der Waals surface area contributed by atoms with Gasteiger partial charge in [-0.05, 0) is 52.3 Å². The number of nitrogens with zero attached hydrogens (tertiary/aromatic N) is 8. The summed E-state index contributed by atoms with van der Waals surface area (Å²) >= 11 is 0. The third-order valence-corrected chi connectivity index (χ3v) is 7.61. The van der Waals surface area contributed by atoms with Crippen molar-refractivity contribution in [3.63, 3.8) is 0 Å². The van der Waals surface area contributed by atoms with E-state index in [2.05, 4.69) is 20.4 Å². The van der Waals surface area contributed by atoms with Crippen molar-refractivity contribution in [3.8, 4) is 6.07 Å². The van der Waals surface area contributed by atoms with Gasteiger partial charge < -0.3 is 24.8 Å². The lowest BCUT2D eigenvalue weighted by Crippen LogP contribution is -2.52. The van der Waals surface area contributed by atoms with Crippen molar-refractivity contribution in [1.82, 2.24) is 24.6 Å². The predicted octanol–water partition coefficient (Wildman–Crippen LogP) is 4.66. The van der Waals surface area contributed by atoms with Gasteiger partial charge in [-0.25, -0.2) is 23.8 Å². The van der Waals surface area contributed by atoms with E-state index in [0.29, 0.717) is 18.9 Å². The maximum Gasteiger partial charge on any atom is 0.417 e. The molecule has 12 nitrogen and oxygen atoms in total. The highest BCUT2D eigenvalue weighted by atomic mass is 19.4. The number of amides is 2. The highest BCUT2D eigenvalue weighted by Gasteiger charge is 2.38. The first kappa shape index (κ1) is 32.5. The van der Waals surface area contributed by atoms with Gasteiger partial charge in [0.25, 0.3) is 0 Å². The third kappa shape index (κ3) is 6.68. The van der Waals surface area contributed by atoms with Crippen molar-refractivity contribution in [1.29, 1.82) is 5.26 Å². The fraction of sp³-hybridized carbons (Fsp3) is 0.467. The molecule has 1 N–H and O–H groups in total. The molecule has 1 saturated heterocycles. The third-order valence-electron chi connectivity index (χ3n) is 7.61. The summed E-state index contributed by atoms with van der Waals surface area (Å²) in [5.74, 6) is -1.15. The van der Waals surface area contributed by atoms with Gasteiger partial charge in [-0.2, -0.15) is 23.5 Å². The molecule has 1 aromatic carbocycles. The lowest BCUT2D eigenvalue weighted by Gasteiger charge is -2.39. The Balaban J connectivity index is 1.38. The molecule has 244 valence electrons. The van der Waals surface area contributed by atoms with E-state index in [9.17, 15) is 28.0 Å². The van der Waals surface area contributed by atoms with Crippen LogP contribution in [-0.2, 0) is 22.3 Å². The summed E-state index contributed by atoms with van der Waals surface area (Å²) in [6.45, 7) is 7.61. The van der Waals surface area contributed by atoms with E-state index in [0.717, 1.165) is 6.07 Å². The number of hydrogen-bond acceptors (Lipinski definition) is 9. The first-order chi connectivity index (χ1) is 21.6. The fourth-order valence-corrected chi connectivity index (χ4v) is 5.36. The van der Waals surface area contributed by atoms with E-state index in [1.807, 2.05) is 0 Å². The molecule has 1 fully saturated rings. The number of anilines is 3. The zero-order valence-corrected chi connectivity index (χ0v) is 25.9. The van der Waals surface area contributed by atoms with Gasteiger partial charge in [-0.15, -0.1) is 0 Å². The monoisotopic (exact) mass is 643 g/mol. The second kappa shape index (κ2) is 12.1. The Kier molecular flexibility index (Phi) is 8.54. The minimum atomic E-state index is -4.81. The van der Waals surface area contributed by atoms with Gasteiger partial charge in [0.15, 0.2) is 5.82 Å². The van der Waals surface area contributed by atoms with Crippen LogP contribution in [0, 0.1) is 24.1 Å². The number of likely N-dealkylation sites (N-methyl/N-ethyl adjacent to an activating group) is 1. The molecule has 4 heterocycles. The Labute approximate surface area is 262 Å². The molecule has 0 unspecified atom stereocenters. The number of nitrogens with one attached hydrogen (secondary N) is 1. The van der Waals surface area contributed by atoms with E-state index in [1.54, 1.807) is 47.4 Å². The van der Waals surface area contributed by atoms with E-state index >= 15 is 4.39 Å². The number of rotatable bonds is 5. The van der Waals surface area contributed by atoms with Crippen LogP contribution in [0.5, 0.6) is 0 Å². The molecule has 2 aliphatic heterocycles. The SMILES string of the molecule is Cc1cc(C(F)(F)F)c(C#N)c(N[C@H]2CCN(Cc3ncn(C4CN(C(=O)OC(C)(C)C)C4)n3)c3c(F)cccc3N(C)C2=O)n1. The van der Waals surface area contributed by atoms with Crippen LogP contribution in [0.3, 0.4) is 0 Å². The number of carbonyl (C=O) groups is 2. The van der Waals surface area contributed by atoms with Crippen molar-refractivity contribution < 1.29 is 31.9 Å². The zero-order valence-electron chi connectivity index (χ0n) is 25.9. The molecule has 5 rings (SSSR count). The van der Waals surface area contributed by atoms with Crippen molar-refractivity contribution >= 4 is 29.2 Å². The number of fused-ring (bicyclic) bond motifs is 1. The van der Waals surface area contributed by atoms with Crippen LogP contribution < -0.4 is 15.1 Å². The summed E-state index contributed by atoms with van der Waals surface area (Å²) in [5.41, 5.74) is -2.12. The average molecular weight is 644 g/mol. The van der Waals surface area contributed by atoms with Crippen LogP contribution in [0.4, 0.5) is 39.5 Å². The van der Waals surface area contributed by atoms with E-state index in [-0.39, 0.29) is 48.4 Å². The smallest absolute Gasteiger partial charge is 0.417 e. The molecule has 3 aromatic rings. The first-order valence-corrected chi connectivity index (χ1v) is 14.5. The molecular formula is C30H33F4N9O3. The van der Waals surface area contributed by atoms with Crippen LogP contribution in [0.2, 0.25) is 0 Å². The molecule has 1 atom stereocenters. The number of hydrogen-bond donors (Lipinski definition) is 1. The molecule has 0 radical (unpaired) electrons. The van der Waals surface area contributed by atoms with Crippen LogP contribution in [0.15, 0.2) is 30.6 Å². The summed E-state index contributed by atoms with van der Waals surface area (Å²) in [7, 11) is 1.44. The molecule has 0 bridgehead atoms. The van der Waals surface area contributed by atoms with Crippen molar-refractivity contribution in [2.45, 2.75) is 64.5 Å². The number of nitriles is 1. The summed E-state index contributed by atoms with van der Waals surface area (Å²) in [6, 6.07) is 5.39. The van der Waals surface area contributed by atoms with Gasteiger partial charge in [-0.1, -0.05) is 6.07 Å². The van der Waals surface area contributed by atoms with Crippen LogP contribution >= 0.6 is 0 Å². The molecular weight excluding hydrogens is 610 g/mol. The topological polar surface area (TPSA) is 133 Å². The molecule has 2 aromatic heterocycles. The van der Waals surface area contributed by atoms with Gasteiger partial charge in [0.1, 0.15) is 41.2 Å². The van der Waals surface area contributed by atoms with E-state index < -0.39 is 46.8 Å². The minimum Gasteiger partial charge on any atom is -0.444 e. The van der Waals surface area contributed by atoms with Crippen LogP contribution in [0.1, 0.15) is 55.9 Å². The van der Waals surface area contributed by atoms with Gasteiger partial charge in [0.05, 0.1) is 29.5 Å². The Morgan fingerprint density at radius 3 is 2.59 bits per heavy atom. The Morgan fingerprint density at radius 2 is 1.93 bits per heavy atom. The Hall–Kier alpha value is -4.94. The number of halogens is 4. The van der Waals surface area contributed by atoms with Crippen LogP contribution in [0.25, 0.3) is 0 Å². The lowest BCUT2D eigenvalue weighted by molar-refractivity contribution is -0.137. The Bertz CT molecular complexity index is 1690. The van der Waals surface area contributed by atoms with E-state index in [4.69, 9.17) is 4.74 Å². The number of para-hydroxylation sites is 1. The van der Waals surface area contributed by atoms with Gasteiger partial charge in [0, 0.05) is 32.4 Å². The molecule has 0 saturated carbocycles. The number of aryl methyl sites for hydroxylation is 1. The molecule has 2 aliphatic rings. The average Bonchev–Trinajstić information content (AvgIpc) is 3.38. The predicted molar refractivity (Wildman–Crippen MR) is 158 cm³/mol. The molecule has 2 amide bonds. The molecule has 16 heteroatoms. The van der Waals surface area contributed by atoms with Gasteiger partial charge >= 0.3 is 12.3 Å². The summed E-state index contributed by atoms with van der Waals surface area (Å²) in [4.78, 5) is 38.8. The maximum atomic E-state index is 15.4. The lowest BCUT2D eigenvalue weighted by atomic mass is 10.0. The van der Waals surface area contributed by atoms with Gasteiger partial charge in [0.2, 0.25) is 5.91 Å². The normalized spacial score (nSPS) is 17.5. The molecule has 46 heavy (non-hydrogen) atoms. The largest absolute Gasteiger partial charge is 0.444 e. The quantitative estimate of drug-likeness (QED) is 0.395. The zero-order chi connectivity index (χ0) is 33.6. The summed E-state index contributed by atoms with van der Waals surface area (Å²) < 4.78 is 63.6. The highest BCUT2D eigenvalue weighted by Crippen LogP contribution is 2.37. The van der Waals surface area contributed by atoms with Gasteiger partial charge in [-0.3, -0.25) is 4.79 Å².